The summed E-state index contributed by atoms with van der Waals surface area (Å²) in [4.78, 5) is 32.4. The highest BCUT2D eigenvalue weighted by molar-refractivity contribution is 5.95. The fraction of sp³-hybridized carbons (Fsp3) is 0.318. The first-order valence-electron chi connectivity index (χ1n) is 10.2. The fourth-order valence-electron chi connectivity index (χ4n) is 4.20. The van der Waals surface area contributed by atoms with Gasteiger partial charge in [-0.1, -0.05) is 6.07 Å². The minimum Gasteiger partial charge on any atom is -0.354 e. The molecule has 0 aliphatic heterocycles. The van der Waals surface area contributed by atoms with Crippen molar-refractivity contribution < 1.29 is 4.79 Å². The van der Waals surface area contributed by atoms with Crippen molar-refractivity contribution in [1.29, 1.82) is 0 Å². The van der Waals surface area contributed by atoms with Crippen molar-refractivity contribution in [2.75, 3.05) is 5.32 Å². The first-order chi connectivity index (χ1) is 14.7. The molecular weight excluding hydrogens is 378 g/mol. The van der Waals surface area contributed by atoms with Gasteiger partial charge in [0.15, 0.2) is 0 Å². The van der Waals surface area contributed by atoms with E-state index in [-0.39, 0.29) is 11.9 Å². The number of aromatic nitrogens is 5. The minimum atomic E-state index is 0.0428. The Morgan fingerprint density at radius 1 is 1.03 bits per heavy atom. The Hall–Kier alpha value is -3.55. The third-order valence-corrected chi connectivity index (χ3v) is 5.68. The van der Waals surface area contributed by atoms with Crippen LogP contribution in [0.25, 0.3) is 33.2 Å². The maximum Gasteiger partial charge on any atom is 0.224 e. The number of H-pyrrole nitrogens is 1. The van der Waals surface area contributed by atoms with E-state index < -0.39 is 0 Å². The average Bonchev–Trinajstić information content (AvgIpc) is 3.18. The Morgan fingerprint density at radius 2 is 1.80 bits per heavy atom. The van der Waals surface area contributed by atoms with Crippen LogP contribution in [0, 0.1) is 0 Å². The summed E-state index contributed by atoms with van der Waals surface area (Å²) in [6, 6.07) is 6.65. The van der Waals surface area contributed by atoms with Crippen LogP contribution in [0.1, 0.15) is 32.6 Å². The number of amides is 1. The Balaban J connectivity index is 1.33. The van der Waals surface area contributed by atoms with Crippen molar-refractivity contribution in [3.05, 3.63) is 43.0 Å². The number of benzene rings is 1. The lowest BCUT2D eigenvalue weighted by atomic mass is 9.91. The molecule has 3 N–H and O–H groups in total. The second-order valence-corrected chi connectivity index (χ2v) is 7.81. The van der Waals surface area contributed by atoms with Gasteiger partial charge in [-0.25, -0.2) is 4.98 Å². The number of carbonyl (C=O) groups excluding carboxylic acids is 1. The number of rotatable bonds is 4. The van der Waals surface area contributed by atoms with E-state index in [1.807, 2.05) is 30.6 Å². The zero-order chi connectivity index (χ0) is 20.5. The standard InChI is InChI=1S/C22H23N7O/c1-13(30)27-15-3-5-16(6-4-15)28-22-26-12-18-17(11-25-21(18)29-22)14-2-7-19-20(10-14)24-9-8-23-19/h2,7-12,15-16H,3-6H2,1H3,(H,27,30)(H2,25,26,28,29). The summed E-state index contributed by atoms with van der Waals surface area (Å²) in [5.41, 5.74) is 4.62. The van der Waals surface area contributed by atoms with Crippen molar-refractivity contribution >= 4 is 33.9 Å². The fourth-order valence-corrected chi connectivity index (χ4v) is 4.20. The van der Waals surface area contributed by atoms with Gasteiger partial charge in [0, 0.05) is 54.7 Å². The minimum absolute atomic E-state index is 0.0428. The molecule has 0 spiro atoms. The Labute approximate surface area is 173 Å². The van der Waals surface area contributed by atoms with Crippen molar-refractivity contribution in [3.63, 3.8) is 0 Å². The number of carbonyl (C=O) groups is 1. The third kappa shape index (κ3) is 3.68. The highest BCUT2D eigenvalue weighted by Crippen LogP contribution is 2.30. The summed E-state index contributed by atoms with van der Waals surface area (Å²) in [5, 5.41) is 7.43. The normalized spacial score (nSPS) is 19.1. The van der Waals surface area contributed by atoms with E-state index in [1.165, 1.54) is 0 Å². The molecule has 0 unspecified atom stereocenters. The summed E-state index contributed by atoms with van der Waals surface area (Å²) < 4.78 is 0. The summed E-state index contributed by atoms with van der Waals surface area (Å²) in [6.07, 6.45) is 11.1. The molecule has 4 aromatic rings. The molecule has 1 aliphatic carbocycles. The van der Waals surface area contributed by atoms with E-state index in [4.69, 9.17) is 0 Å². The monoisotopic (exact) mass is 401 g/mol. The topological polar surface area (TPSA) is 108 Å². The summed E-state index contributed by atoms with van der Waals surface area (Å²) in [6.45, 7) is 1.57. The van der Waals surface area contributed by atoms with Gasteiger partial charge in [-0.05, 0) is 43.4 Å². The van der Waals surface area contributed by atoms with Gasteiger partial charge in [-0.3, -0.25) is 14.8 Å². The SMILES string of the molecule is CC(=O)NC1CCC(Nc2ncc3c(-c4ccc5nccnc5c4)c[nH]c3n2)CC1. The largest absolute Gasteiger partial charge is 0.354 e. The zero-order valence-electron chi connectivity index (χ0n) is 16.7. The lowest BCUT2D eigenvalue weighted by Crippen LogP contribution is -2.39. The summed E-state index contributed by atoms with van der Waals surface area (Å²) in [5.74, 6) is 0.671. The number of fused-ring (bicyclic) bond motifs is 2. The van der Waals surface area contributed by atoms with Crippen LogP contribution in [0.4, 0.5) is 5.95 Å². The van der Waals surface area contributed by atoms with E-state index in [1.54, 1.807) is 19.3 Å². The Bertz CT molecular complexity index is 1210. The highest BCUT2D eigenvalue weighted by atomic mass is 16.1. The van der Waals surface area contributed by atoms with Crippen LogP contribution in [0.3, 0.4) is 0 Å². The molecule has 1 amide bonds. The number of hydrogen-bond acceptors (Lipinski definition) is 6. The second-order valence-electron chi connectivity index (χ2n) is 7.81. The molecule has 30 heavy (non-hydrogen) atoms. The number of hydrogen-bond donors (Lipinski definition) is 3. The van der Waals surface area contributed by atoms with Crippen molar-refractivity contribution in [2.24, 2.45) is 0 Å². The molecule has 3 aromatic heterocycles. The van der Waals surface area contributed by atoms with Crippen LogP contribution in [-0.2, 0) is 4.79 Å². The number of anilines is 1. The van der Waals surface area contributed by atoms with E-state index in [0.717, 1.165) is 58.9 Å². The van der Waals surface area contributed by atoms with Crippen LogP contribution in [0.5, 0.6) is 0 Å². The van der Waals surface area contributed by atoms with Gasteiger partial charge in [0.1, 0.15) is 5.65 Å². The molecule has 1 fully saturated rings. The maximum atomic E-state index is 11.2. The molecule has 152 valence electrons. The lowest BCUT2D eigenvalue weighted by Gasteiger charge is -2.29. The van der Waals surface area contributed by atoms with Gasteiger partial charge in [0.2, 0.25) is 11.9 Å². The van der Waals surface area contributed by atoms with E-state index in [2.05, 4.69) is 35.6 Å². The predicted octanol–water partition coefficient (Wildman–Crippen LogP) is 3.43. The number of nitrogens with one attached hydrogen (secondary N) is 3. The number of nitrogens with zero attached hydrogens (tertiary/aromatic N) is 4. The van der Waals surface area contributed by atoms with Crippen LogP contribution < -0.4 is 10.6 Å². The predicted molar refractivity (Wildman–Crippen MR) is 116 cm³/mol. The summed E-state index contributed by atoms with van der Waals surface area (Å²) >= 11 is 0. The van der Waals surface area contributed by atoms with E-state index in [9.17, 15) is 4.79 Å². The quantitative estimate of drug-likeness (QED) is 0.483. The second kappa shape index (κ2) is 7.70. The molecular formula is C22H23N7O. The van der Waals surface area contributed by atoms with E-state index >= 15 is 0 Å². The molecule has 8 nitrogen and oxygen atoms in total. The first kappa shape index (κ1) is 18.5. The first-order valence-corrected chi connectivity index (χ1v) is 10.2. The van der Waals surface area contributed by atoms with Crippen LogP contribution in [0.2, 0.25) is 0 Å². The van der Waals surface area contributed by atoms with Crippen LogP contribution >= 0.6 is 0 Å². The van der Waals surface area contributed by atoms with Crippen LogP contribution in [0.15, 0.2) is 43.0 Å². The van der Waals surface area contributed by atoms with Gasteiger partial charge in [-0.2, -0.15) is 4.98 Å². The molecule has 5 rings (SSSR count). The molecule has 0 radical (unpaired) electrons. The number of aromatic amines is 1. The Morgan fingerprint density at radius 3 is 2.60 bits per heavy atom. The van der Waals surface area contributed by atoms with Gasteiger partial charge in [0.05, 0.1) is 11.0 Å². The van der Waals surface area contributed by atoms with Crippen molar-refractivity contribution in [2.45, 2.75) is 44.7 Å². The molecule has 0 saturated heterocycles. The third-order valence-electron chi connectivity index (χ3n) is 5.68. The van der Waals surface area contributed by atoms with Crippen molar-refractivity contribution in [3.8, 4) is 11.1 Å². The van der Waals surface area contributed by atoms with Gasteiger partial charge in [0.25, 0.3) is 0 Å². The molecule has 0 bridgehead atoms. The molecule has 1 aliphatic rings. The summed E-state index contributed by atoms with van der Waals surface area (Å²) in [7, 11) is 0. The van der Waals surface area contributed by atoms with Crippen LogP contribution in [-0.4, -0.2) is 42.9 Å². The van der Waals surface area contributed by atoms with E-state index in [0.29, 0.717) is 12.0 Å². The smallest absolute Gasteiger partial charge is 0.224 e. The van der Waals surface area contributed by atoms with Gasteiger partial charge < -0.3 is 15.6 Å². The van der Waals surface area contributed by atoms with Gasteiger partial charge in [-0.15, -0.1) is 0 Å². The molecule has 3 heterocycles. The molecule has 1 saturated carbocycles. The average molecular weight is 401 g/mol. The molecule has 8 heteroatoms. The molecule has 0 atom stereocenters. The zero-order valence-corrected chi connectivity index (χ0v) is 16.7. The molecule has 1 aromatic carbocycles. The lowest BCUT2D eigenvalue weighted by molar-refractivity contribution is -0.119. The van der Waals surface area contributed by atoms with Crippen molar-refractivity contribution in [1.82, 2.24) is 30.2 Å². The Kier molecular flexibility index (Phi) is 4.74. The highest BCUT2D eigenvalue weighted by Gasteiger charge is 2.22. The van der Waals surface area contributed by atoms with Gasteiger partial charge >= 0.3 is 0 Å². The maximum absolute atomic E-state index is 11.2.